The van der Waals surface area contributed by atoms with E-state index in [0.29, 0.717) is 0 Å². The van der Waals surface area contributed by atoms with Crippen LogP contribution >= 0.6 is 0 Å². The third kappa shape index (κ3) is 8.67. The minimum Gasteiger partial charge on any atom is -0.653 e. The molecule has 0 unspecified atom stereocenters. The molecule has 1 aromatic rings. The van der Waals surface area contributed by atoms with Gasteiger partial charge in [0, 0.05) is 13.2 Å². The van der Waals surface area contributed by atoms with Crippen molar-refractivity contribution in [2.24, 2.45) is 0 Å². The average molecular weight is 325 g/mol. The van der Waals surface area contributed by atoms with Gasteiger partial charge < -0.3 is 19.9 Å². The van der Waals surface area contributed by atoms with E-state index in [1.54, 1.807) is 0 Å². The predicted octanol–water partition coefficient (Wildman–Crippen LogP) is 0.170. The van der Waals surface area contributed by atoms with Crippen LogP contribution in [-0.2, 0) is 4.74 Å². The van der Waals surface area contributed by atoms with E-state index in [1.807, 2.05) is 0 Å². The Morgan fingerprint density at radius 2 is 1.79 bits per heavy atom. The first-order valence-electron chi connectivity index (χ1n) is 8.92. The van der Waals surface area contributed by atoms with E-state index >= 15 is 0 Å². The Morgan fingerprint density at radius 1 is 1.08 bits per heavy atom. The molecule has 130 valence electrons. The fraction of sp³-hybridized carbons (Fsp3) is 0.684. The van der Waals surface area contributed by atoms with Crippen LogP contribution in [0.4, 0.5) is 0 Å². The van der Waals surface area contributed by atoms with Crippen LogP contribution in [0.15, 0.2) is 30.3 Å². The van der Waals surface area contributed by atoms with Crippen LogP contribution < -0.4 is 18.9 Å². The maximum atomic E-state index is 5.67. The van der Waals surface area contributed by atoms with Crippen molar-refractivity contribution in [1.82, 2.24) is 9.80 Å². The minimum atomic E-state index is 0. The molecule has 5 heteroatoms. The molecule has 0 bridgehead atoms. The Morgan fingerprint density at radius 3 is 2.46 bits per heavy atom. The topological polar surface area (TPSA) is 29.8 Å². The van der Waals surface area contributed by atoms with Gasteiger partial charge in [-0.25, -0.2) is 0 Å². The van der Waals surface area contributed by atoms with Crippen molar-refractivity contribution >= 4 is 0 Å². The van der Waals surface area contributed by atoms with Crippen LogP contribution in [0.5, 0.6) is 0 Å². The van der Waals surface area contributed by atoms with E-state index in [0.717, 1.165) is 32.8 Å². The molecule has 1 saturated heterocycles. The summed E-state index contributed by atoms with van der Waals surface area (Å²) in [4.78, 5) is 4.71. The molecule has 0 amide bonds. The number of likely N-dealkylation sites (tertiary alicyclic amines) is 1. The molecule has 0 saturated carbocycles. The summed E-state index contributed by atoms with van der Waals surface area (Å²) in [6.07, 6.45) is 4.04. The number of rotatable bonds is 10. The Bertz CT molecular complexity index is 410. The largest absolute Gasteiger partial charge is 1.00 e. The van der Waals surface area contributed by atoms with Crippen molar-refractivity contribution in [2.75, 3.05) is 60.0 Å². The van der Waals surface area contributed by atoms with Gasteiger partial charge in [0.05, 0.1) is 6.61 Å². The average Bonchev–Trinajstić information content (AvgIpc) is 2.58. The SMILES string of the molecule is CN(C)CCOCC[N-][C@@H](CN1CCCCC1)c1ccccc1.[Li+]. The Balaban J connectivity index is 0.00000288. The molecular formula is C19H32LiN3O. The van der Waals surface area contributed by atoms with E-state index in [4.69, 9.17) is 10.1 Å². The molecule has 1 aromatic carbocycles. The van der Waals surface area contributed by atoms with Gasteiger partial charge in [0.1, 0.15) is 0 Å². The number of likely N-dealkylation sites (N-methyl/N-ethyl adjacent to an activating group) is 1. The monoisotopic (exact) mass is 325 g/mol. The first-order valence-corrected chi connectivity index (χ1v) is 8.92. The molecule has 1 aliphatic heterocycles. The molecule has 1 fully saturated rings. The predicted molar refractivity (Wildman–Crippen MR) is 97.1 cm³/mol. The minimum absolute atomic E-state index is 0. The van der Waals surface area contributed by atoms with Crippen molar-refractivity contribution < 1.29 is 23.6 Å². The van der Waals surface area contributed by atoms with Gasteiger partial charge in [-0.3, -0.25) is 0 Å². The quantitative estimate of drug-likeness (QED) is 0.454. The van der Waals surface area contributed by atoms with Crippen LogP contribution in [0, 0.1) is 0 Å². The number of hydrogen-bond acceptors (Lipinski definition) is 3. The van der Waals surface area contributed by atoms with Gasteiger partial charge in [0.15, 0.2) is 0 Å². The summed E-state index contributed by atoms with van der Waals surface area (Å²) < 4.78 is 5.67. The van der Waals surface area contributed by atoms with Crippen LogP contribution in [0.1, 0.15) is 30.9 Å². The van der Waals surface area contributed by atoms with E-state index < -0.39 is 0 Å². The van der Waals surface area contributed by atoms with E-state index in [9.17, 15) is 0 Å². The smallest absolute Gasteiger partial charge is 0.653 e. The maximum absolute atomic E-state index is 5.67. The van der Waals surface area contributed by atoms with E-state index in [-0.39, 0.29) is 24.9 Å². The van der Waals surface area contributed by atoms with Crippen LogP contribution in [0.25, 0.3) is 5.32 Å². The molecule has 0 aliphatic carbocycles. The zero-order chi connectivity index (χ0) is 16.3. The van der Waals surface area contributed by atoms with Gasteiger partial charge in [-0.2, -0.15) is 0 Å². The van der Waals surface area contributed by atoms with E-state index in [2.05, 4.69) is 54.2 Å². The number of hydrogen-bond donors (Lipinski definition) is 0. The molecule has 0 N–H and O–H groups in total. The number of ether oxygens (including phenoxy) is 1. The molecule has 0 spiro atoms. The van der Waals surface area contributed by atoms with Crippen molar-refractivity contribution in [3.05, 3.63) is 41.2 Å². The summed E-state index contributed by atoms with van der Waals surface area (Å²) in [7, 11) is 4.13. The van der Waals surface area contributed by atoms with Crippen LogP contribution in [0.2, 0.25) is 0 Å². The summed E-state index contributed by atoms with van der Waals surface area (Å²) in [5, 5.41) is 4.92. The molecule has 24 heavy (non-hydrogen) atoms. The van der Waals surface area contributed by atoms with Crippen molar-refractivity contribution in [3.8, 4) is 0 Å². The molecule has 1 aliphatic rings. The summed E-state index contributed by atoms with van der Waals surface area (Å²) in [5.74, 6) is 0. The normalized spacial score (nSPS) is 16.8. The van der Waals surface area contributed by atoms with Gasteiger partial charge in [-0.1, -0.05) is 48.4 Å². The Kier molecular flexibility index (Phi) is 11.7. The fourth-order valence-corrected chi connectivity index (χ4v) is 2.95. The fourth-order valence-electron chi connectivity index (χ4n) is 2.95. The first kappa shape index (κ1) is 21.7. The molecule has 1 heterocycles. The summed E-state index contributed by atoms with van der Waals surface area (Å²) in [6.45, 7) is 6.73. The molecule has 2 rings (SSSR count). The molecule has 1 atom stereocenters. The van der Waals surface area contributed by atoms with Gasteiger partial charge in [-0.15, -0.1) is 6.54 Å². The van der Waals surface area contributed by atoms with Gasteiger partial charge in [-0.05, 0) is 46.6 Å². The Labute approximate surface area is 160 Å². The van der Waals surface area contributed by atoms with Crippen LogP contribution in [-0.4, -0.2) is 69.8 Å². The van der Waals surface area contributed by atoms with Crippen LogP contribution in [0.3, 0.4) is 0 Å². The van der Waals surface area contributed by atoms with Gasteiger partial charge in [0.25, 0.3) is 0 Å². The molecule has 0 aromatic heterocycles. The number of piperidine rings is 1. The summed E-state index contributed by atoms with van der Waals surface area (Å²) in [6, 6.07) is 11.0. The van der Waals surface area contributed by atoms with Crippen molar-refractivity contribution in [2.45, 2.75) is 25.3 Å². The molecule has 0 radical (unpaired) electrons. The second kappa shape index (κ2) is 12.9. The van der Waals surface area contributed by atoms with Crippen molar-refractivity contribution in [3.63, 3.8) is 0 Å². The van der Waals surface area contributed by atoms with Gasteiger partial charge >= 0.3 is 18.9 Å². The molecule has 4 nitrogen and oxygen atoms in total. The zero-order valence-corrected chi connectivity index (χ0v) is 15.8. The third-order valence-corrected chi connectivity index (χ3v) is 4.33. The zero-order valence-electron chi connectivity index (χ0n) is 15.8. The summed E-state index contributed by atoms with van der Waals surface area (Å²) >= 11 is 0. The maximum Gasteiger partial charge on any atom is 1.00 e. The second-order valence-electron chi connectivity index (χ2n) is 6.61. The second-order valence-corrected chi connectivity index (χ2v) is 6.61. The van der Waals surface area contributed by atoms with Gasteiger partial charge in [0.2, 0.25) is 0 Å². The number of benzene rings is 1. The van der Waals surface area contributed by atoms with E-state index in [1.165, 1.54) is 37.9 Å². The van der Waals surface area contributed by atoms with Crippen molar-refractivity contribution in [1.29, 1.82) is 0 Å². The summed E-state index contributed by atoms with van der Waals surface area (Å²) in [5.41, 5.74) is 1.33. The molecular weight excluding hydrogens is 293 g/mol. The Hall–Kier alpha value is -0.343. The standard InChI is InChI=1S/C19H32N3O.Li/c1-21(2)14-16-23-15-11-20-19(18-9-5-3-6-10-18)17-22-12-7-4-8-13-22;/h3,5-6,9-10,19H,4,7-8,11-17H2,1-2H3;/q-1;+1/t19-;/m0./s1. The third-order valence-electron chi connectivity index (χ3n) is 4.33. The first-order chi connectivity index (χ1) is 11.3. The number of nitrogens with zero attached hydrogens (tertiary/aromatic N) is 3.